The van der Waals surface area contributed by atoms with Crippen molar-refractivity contribution in [3.05, 3.63) is 23.8 Å². The van der Waals surface area contributed by atoms with Crippen LogP contribution in [0.3, 0.4) is 0 Å². The minimum Gasteiger partial charge on any atom is -0.370 e. The Labute approximate surface area is 162 Å². The summed E-state index contributed by atoms with van der Waals surface area (Å²) in [5.41, 5.74) is 10.8. The van der Waals surface area contributed by atoms with Gasteiger partial charge in [0.15, 0.2) is 5.16 Å². The van der Waals surface area contributed by atoms with Crippen molar-refractivity contribution >= 4 is 40.9 Å². The van der Waals surface area contributed by atoms with Gasteiger partial charge in [0.25, 0.3) is 0 Å². The van der Waals surface area contributed by atoms with Crippen LogP contribution in [0.5, 0.6) is 0 Å². The highest BCUT2D eigenvalue weighted by Crippen LogP contribution is 2.36. The number of nitrogens with zero attached hydrogens (tertiary/aromatic N) is 4. The number of rotatable bonds is 5. The second-order valence-electron chi connectivity index (χ2n) is 6.10. The third-order valence-electron chi connectivity index (χ3n) is 4.03. The molecular weight excluding hydrogens is 395 g/mol. The molecule has 150 valence electrons. The normalized spacial score (nSPS) is 14.3. The number of nitrogens with one attached hydrogen (secondary N) is 1. The molecule has 0 atom stereocenters. The molecule has 1 amide bonds. The van der Waals surface area contributed by atoms with Crippen molar-refractivity contribution in [3.63, 3.8) is 0 Å². The third kappa shape index (κ3) is 4.94. The SMILES string of the molecule is Nc1nc(N)nc(SCC(=O)Nc2cc(C(F)(F)F)ccc2N2CCCC2)n1. The van der Waals surface area contributed by atoms with Crippen LogP contribution in [0.4, 0.5) is 36.4 Å². The number of hydrogen-bond donors (Lipinski definition) is 3. The molecular formula is C16H18F3N7OS. The lowest BCUT2D eigenvalue weighted by molar-refractivity contribution is -0.137. The zero-order chi connectivity index (χ0) is 20.3. The number of carbonyl (C=O) groups is 1. The number of alkyl halides is 3. The van der Waals surface area contributed by atoms with Gasteiger partial charge in [-0.3, -0.25) is 4.79 Å². The second kappa shape index (κ2) is 8.09. The van der Waals surface area contributed by atoms with Crippen molar-refractivity contribution < 1.29 is 18.0 Å². The summed E-state index contributed by atoms with van der Waals surface area (Å²) in [4.78, 5) is 25.6. The number of benzene rings is 1. The lowest BCUT2D eigenvalue weighted by atomic mass is 10.1. The molecule has 2 heterocycles. The van der Waals surface area contributed by atoms with Crippen molar-refractivity contribution in [3.8, 4) is 0 Å². The Morgan fingerprint density at radius 3 is 2.39 bits per heavy atom. The number of nitrogens with two attached hydrogens (primary N) is 2. The topological polar surface area (TPSA) is 123 Å². The Hall–Kier alpha value is -2.76. The van der Waals surface area contributed by atoms with E-state index >= 15 is 0 Å². The minimum atomic E-state index is -4.50. The smallest absolute Gasteiger partial charge is 0.370 e. The fourth-order valence-corrected chi connectivity index (χ4v) is 3.46. The Bertz CT molecular complexity index is 852. The molecule has 1 aliphatic heterocycles. The van der Waals surface area contributed by atoms with Gasteiger partial charge < -0.3 is 21.7 Å². The molecule has 12 heteroatoms. The molecule has 0 spiro atoms. The molecule has 0 aliphatic carbocycles. The highest BCUT2D eigenvalue weighted by Gasteiger charge is 2.32. The van der Waals surface area contributed by atoms with E-state index in [1.54, 1.807) is 0 Å². The van der Waals surface area contributed by atoms with E-state index in [0.29, 0.717) is 5.69 Å². The zero-order valence-corrected chi connectivity index (χ0v) is 15.5. The monoisotopic (exact) mass is 413 g/mol. The molecule has 1 fully saturated rings. The van der Waals surface area contributed by atoms with Crippen LogP contribution in [0.15, 0.2) is 23.4 Å². The van der Waals surface area contributed by atoms with Crippen molar-refractivity contribution in [1.82, 2.24) is 15.0 Å². The minimum absolute atomic E-state index is 0.0791. The van der Waals surface area contributed by atoms with Crippen LogP contribution in [0.25, 0.3) is 0 Å². The molecule has 1 aliphatic rings. The first-order chi connectivity index (χ1) is 13.2. The molecule has 5 N–H and O–H groups in total. The zero-order valence-electron chi connectivity index (χ0n) is 14.7. The number of nitrogen functional groups attached to an aromatic ring is 2. The van der Waals surface area contributed by atoms with E-state index in [1.807, 2.05) is 4.90 Å². The van der Waals surface area contributed by atoms with Crippen LogP contribution in [0.1, 0.15) is 18.4 Å². The van der Waals surface area contributed by atoms with E-state index in [0.717, 1.165) is 49.8 Å². The van der Waals surface area contributed by atoms with Crippen molar-refractivity contribution in [2.45, 2.75) is 24.2 Å². The molecule has 0 unspecified atom stereocenters. The molecule has 0 bridgehead atoms. The highest BCUT2D eigenvalue weighted by atomic mass is 32.2. The summed E-state index contributed by atoms with van der Waals surface area (Å²) in [5, 5.41) is 2.72. The van der Waals surface area contributed by atoms with Crippen LogP contribution in [0.2, 0.25) is 0 Å². The van der Waals surface area contributed by atoms with Gasteiger partial charge in [0, 0.05) is 13.1 Å². The first kappa shape index (κ1) is 20.0. The quantitative estimate of drug-likeness (QED) is 0.639. The van der Waals surface area contributed by atoms with E-state index in [-0.39, 0.29) is 28.5 Å². The standard InChI is InChI=1S/C16H18F3N7OS/c17-16(18,19)9-3-4-11(26-5-1-2-6-26)10(7-9)22-12(27)8-28-15-24-13(20)23-14(21)25-15/h3-4,7H,1-2,5-6,8H2,(H,22,27)(H4,20,21,23,24,25). The molecule has 0 radical (unpaired) electrons. The fraction of sp³-hybridized carbons (Fsp3) is 0.375. The van der Waals surface area contributed by atoms with Gasteiger partial charge >= 0.3 is 6.18 Å². The second-order valence-corrected chi connectivity index (χ2v) is 7.04. The molecule has 28 heavy (non-hydrogen) atoms. The summed E-state index contributed by atoms with van der Waals surface area (Å²) in [7, 11) is 0. The number of hydrogen-bond acceptors (Lipinski definition) is 8. The Kier molecular flexibility index (Phi) is 5.77. The van der Waals surface area contributed by atoms with Crippen LogP contribution in [-0.4, -0.2) is 39.7 Å². The summed E-state index contributed by atoms with van der Waals surface area (Å²) in [5.74, 6) is -0.782. The largest absolute Gasteiger partial charge is 0.416 e. The number of aromatic nitrogens is 3. The Morgan fingerprint density at radius 2 is 1.79 bits per heavy atom. The van der Waals surface area contributed by atoms with E-state index in [4.69, 9.17) is 11.5 Å². The summed E-state index contributed by atoms with van der Waals surface area (Å²) in [6.45, 7) is 1.46. The molecule has 3 rings (SSSR count). The molecule has 1 aromatic heterocycles. The summed E-state index contributed by atoms with van der Waals surface area (Å²) >= 11 is 0.954. The van der Waals surface area contributed by atoms with Gasteiger partial charge in [0.2, 0.25) is 17.8 Å². The van der Waals surface area contributed by atoms with Gasteiger partial charge in [-0.05, 0) is 31.0 Å². The lowest BCUT2D eigenvalue weighted by Gasteiger charge is -2.23. The van der Waals surface area contributed by atoms with Crippen LogP contribution in [0, 0.1) is 0 Å². The Morgan fingerprint density at radius 1 is 1.14 bits per heavy atom. The van der Waals surface area contributed by atoms with Crippen LogP contribution < -0.4 is 21.7 Å². The predicted octanol–water partition coefficient (Wildman–Crippen LogP) is 2.39. The Balaban J connectivity index is 1.75. The van der Waals surface area contributed by atoms with E-state index in [2.05, 4.69) is 20.3 Å². The molecule has 0 saturated carbocycles. The maximum Gasteiger partial charge on any atom is 0.416 e. The predicted molar refractivity (Wildman–Crippen MR) is 101 cm³/mol. The van der Waals surface area contributed by atoms with E-state index in [1.165, 1.54) is 6.07 Å². The van der Waals surface area contributed by atoms with E-state index in [9.17, 15) is 18.0 Å². The maximum absolute atomic E-state index is 13.1. The summed E-state index contributed by atoms with van der Waals surface area (Å²) in [6.07, 6.45) is -2.60. The van der Waals surface area contributed by atoms with Gasteiger partial charge in [-0.1, -0.05) is 11.8 Å². The number of amides is 1. The average molecular weight is 413 g/mol. The van der Waals surface area contributed by atoms with Gasteiger partial charge in [0.1, 0.15) is 0 Å². The number of thioether (sulfide) groups is 1. The van der Waals surface area contributed by atoms with Gasteiger partial charge in [0.05, 0.1) is 22.7 Å². The summed E-state index contributed by atoms with van der Waals surface area (Å²) < 4.78 is 39.2. The lowest BCUT2D eigenvalue weighted by Crippen LogP contribution is -2.22. The number of anilines is 4. The highest BCUT2D eigenvalue weighted by molar-refractivity contribution is 7.99. The van der Waals surface area contributed by atoms with E-state index < -0.39 is 17.6 Å². The maximum atomic E-state index is 13.1. The van der Waals surface area contributed by atoms with Gasteiger partial charge in [-0.15, -0.1) is 0 Å². The third-order valence-corrected chi connectivity index (χ3v) is 4.87. The molecule has 2 aromatic rings. The van der Waals surface area contributed by atoms with Crippen LogP contribution in [-0.2, 0) is 11.0 Å². The first-order valence-electron chi connectivity index (χ1n) is 8.38. The molecule has 1 aromatic carbocycles. The average Bonchev–Trinajstić information content (AvgIpc) is 3.13. The van der Waals surface area contributed by atoms with Gasteiger partial charge in [-0.25, -0.2) is 0 Å². The van der Waals surface area contributed by atoms with Crippen LogP contribution >= 0.6 is 11.8 Å². The number of carbonyl (C=O) groups excluding carboxylic acids is 1. The van der Waals surface area contributed by atoms with Crippen molar-refractivity contribution in [1.29, 1.82) is 0 Å². The van der Waals surface area contributed by atoms with Gasteiger partial charge in [-0.2, -0.15) is 28.1 Å². The fourth-order valence-electron chi connectivity index (χ4n) is 2.82. The molecule has 1 saturated heterocycles. The molecule has 8 nitrogen and oxygen atoms in total. The van der Waals surface area contributed by atoms with Crippen molar-refractivity contribution in [2.24, 2.45) is 0 Å². The van der Waals surface area contributed by atoms with Crippen molar-refractivity contribution in [2.75, 3.05) is 40.5 Å². The first-order valence-corrected chi connectivity index (χ1v) is 9.37. The number of halogens is 3. The summed E-state index contributed by atoms with van der Waals surface area (Å²) in [6, 6.07) is 3.37.